The maximum Gasteiger partial charge on any atom is 0.416 e. The number of nitrogens with one attached hydrogen (secondary N) is 1. The number of nitrogens with zero attached hydrogens (tertiary/aromatic N) is 4. The van der Waals surface area contributed by atoms with E-state index in [2.05, 4.69) is 15.5 Å². The molecule has 4 aromatic rings. The van der Waals surface area contributed by atoms with Crippen molar-refractivity contribution >= 4 is 27.6 Å². The molecule has 1 fully saturated rings. The zero-order chi connectivity index (χ0) is 24.2. The standard InChI is InChI=1S/C25H26F3N5O/c1-14(16-7-6-8-17(11-16)25(26,27)28)29-23-20-13-22-21(12-19(20)15(2)30-31-23)32(3)24(34)33(22)18-9-4-5-10-18/h6-8,11-14,18H,4-5,9-10H2,1-3H3,(H,29,31). The van der Waals surface area contributed by atoms with Gasteiger partial charge in [-0.25, -0.2) is 4.79 Å². The smallest absolute Gasteiger partial charge is 0.362 e. The lowest BCUT2D eigenvalue weighted by Crippen LogP contribution is -2.24. The summed E-state index contributed by atoms with van der Waals surface area (Å²) < 4.78 is 43.1. The third-order valence-electron chi connectivity index (χ3n) is 6.93. The molecule has 0 amide bonds. The molecule has 1 N–H and O–H groups in total. The molecule has 5 rings (SSSR count). The highest BCUT2D eigenvalue weighted by Crippen LogP contribution is 2.35. The van der Waals surface area contributed by atoms with Gasteiger partial charge in [0.1, 0.15) is 0 Å². The highest BCUT2D eigenvalue weighted by Gasteiger charge is 2.31. The van der Waals surface area contributed by atoms with Gasteiger partial charge in [0.25, 0.3) is 0 Å². The summed E-state index contributed by atoms with van der Waals surface area (Å²) in [5.41, 5.74) is 2.16. The molecule has 34 heavy (non-hydrogen) atoms. The fourth-order valence-corrected chi connectivity index (χ4v) is 5.03. The first-order valence-electron chi connectivity index (χ1n) is 11.5. The Hall–Kier alpha value is -3.36. The lowest BCUT2D eigenvalue weighted by atomic mass is 10.0. The number of anilines is 1. The van der Waals surface area contributed by atoms with Crippen LogP contribution in [0.25, 0.3) is 21.8 Å². The average molecular weight is 470 g/mol. The van der Waals surface area contributed by atoms with Crippen LogP contribution in [0.1, 0.15) is 61.5 Å². The van der Waals surface area contributed by atoms with Gasteiger partial charge in [0, 0.05) is 23.9 Å². The summed E-state index contributed by atoms with van der Waals surface area (Å²) in [5.74, 6) is 0.474. The molecule has 1 aliphatic carbocycles. The first kappa shape index (κ1) is 22.4. The SMILES string of the molecule is Cc1nnc(NC(C)c2cccc(C(F)(F)F)c2)c2cc3c(cc12)n(C)c(=O)n3C1CCCC1. The third-order valence-corrected chi connectivity index (χ3v) is 6.93. The molecule has 1 saturated carbocycles. The Kier molecular flexibility index (Phi) is 5.37. The Labute approximate surface area is 194 Å². The Bertz CT molecular complexity index is 1450. The number of fused-ring (bicyclic) bond motifs is 2. The van der Waals surface area contributed by atoms with E-state index in [9.17, 15) is 18.0 Å². The van der Waals surface area contributed by atoms with Crippen LogP contribution in [-0.2, 0) is 13.2 Å². The monoisotopic (exact) mass is 469 g/mol. The van der Waals surface area contributed by atoms with Crippen molar-refractivity contribution < 1.29 is 13.2 Å². The molecule has 2 aromatic heterocycles. The number of aromatic nitrogens is 4. The van der Waals surface area contributed by atoms with Crippen molar-refractivity contribution in [3.63, 3.8) is 0 Å². The summed E-state index contributed by atoms with van der Waals surface area (Å²) in [4.78, 5) is 13.1. The van der Waals surface area contributed by atoms with Crippen LogP contribution >= 0.6 is 0 Å². The van der Waals surface area contributed by atoms with E-state index in [0.29, 0.717) is 11.4 Å². The highest BCUT2D eigenvalue weighted by atomic mass is 19.4. The van der Waals surface area contributed by atoms with Gasteiger partial charge in [0.05, 0.1) is 28.3 Å². The third kappa shape index (κ3) is 3.73. The van der Waals surface area contributed by atoms with Crippen molar-refractivity contribution in [1.29, 1.82) is 0 Å². The molecule has 0 spiro atoms. The second kappa shape index (κ2) is 8.14. The van der Waals surface area contributed by atoms with E-state index >= 15 is 0 Å². The molecular formula is C25H26F3N5O. The fraction of sp³-hybridized carbons (Fsp3) is 0.400. The predicted molar refractivity (Wildman–Crippen MR) is 126 cm³/mol. The molecule has 9 heteroatoms. The molecule has 0 aliphatic heterocycles. The number of benzene rings is 2. The van der Waals surface area contributed by atoms with Crippen LogP contribution < -0.4 is 11.0 Å². The molecule has 2 heterocycles. The zero-order valence-electron chi connectivity index (χ0n) is 19.3. The lowest BCUT2D eigenvalue weighted by Gasteiger charge is -2.18. The molecule has 6 nitrogen and oxygen atoms in total. The van der Waals surface area contributed by atoms with Gasteiger partial charge in [0.15, 0.2) is 5.82 Å². The van der Waals surface area contributed by atoms with E-state index < -0.39 is 17.8 Å². The Balaban J connectivity index is 1.62. The highest BCUT2D eigenvalue weighted by molar-refractivity contribution is 6.01. The molecule has 0 bridgehead atoms. The van der Waals surface area contributed by atoms with Crippen molar-refractivity contribution in [2.75, 3.05) is 5.32 Å². The molecule has 1 unspecified atom stereocenters. The predicted octanol–water partition coefficient (Wildman–Crippen LogP) is 5.90. The minimum Gasteiger partial charge on any atom is -0.362 e. The first-order chi connectivity index (χ1) is 16.1. The number of rotatable bonds is 4. The van der Waals surface area contributed by atoms with E-state index in [1.807, 2.05) is 23.6 Å². The van der Waals surface area contributed by atoms with Crippen LogP contribution in [0, 0.1) is 6.92 Å². The number of hydrogen-bond acceptors (Lipinski definition) is 4. The van der Waals surface area contributed by atoms with Gasteiger partial charge in [-0.2, -0.15) is 18.3 Å². The van der Waals surface area contributed by atoms with Gasteiger partial charge >= 0.3 is 11.9 Å². The zero-order valence-corrected chi connectivity index (χ0v) is 19.3. The fourth-order valence-electron chi connectivity index (χ4n) is 5.03. The van der Waals surface area contributed by atoms with E-state index in [0.717, 1.165) is 65.3 Å². The van der Waals surface area contributed by atoms with Crippen molar-refractivity contribution in [2.24, 2.45) is 7.05 Å². The number of imidazole rings is 1. The second-order valence-corrected chi connectivity index (χ2v) is 9.16. The van der Waals surface area contributed by atoms with Crippen molar-refractivity contribution in [2.45, 2.75) is 57.8 Å². The summed E-state index contributed by atoms with van der Waals surface area (Å²) >= 11 is 0. The first-order valence-corrected chi connectivity index (χ1v) is 11.5. The molecule has 1 atom stereocenters. The lowest BCUT2D eigenvalue weighted by molar-refractivity contribution is -0.137. The van der Waals surface area contributed by atoms with Crippen LogP contribution in [0.2, 0.25) is 0 Å². The number of aryl methyl sites for hydroxylation is 2. The van der Waals surface area contributed by atoms with Gasteiger partial charge in [-0.05, 0) is 56.5 Å². The number of alkyl halides is 3. The average Bonchev–Trinajstić information content (AvgIpc) is 3.41. The van der Waals surface area contributed by atoms with Crippen LogP contribution in [-0.4, -0.2) is 19.3 Å². The molecule has 2 aromatic carbocycles. The van der Waals surface area contributed by atoms with Crippen molar-refractivity contribution in [3.8, 4) is 0 Å². The molecule has 178 valence electrons. The van der Waals surface area contributed by atoms with Crippen LogP contribution in [0.3, 0.4) is 0 Å². The molecular weight excluding hydrogens is 443 g/mol. The molecule has 0 radical (unpaired) electrons. The summed E-state index contributed by atoms with van der Waals surface area (Å²) in [6.45, 7) is 3.64. The largest absolute Gasteiger partial charge is 0.416 e. The van der Waals surface area contributed by atoms with Crippen LogP contribution in [0.4, 0.5) is 19.0 Å². The van der Waals surface area contributed by atoms with E-state index in [1.54, 1.807) is 24.6 Å². The normalized spacial score (nSPS) is 15.9. The van der Waals surface area contributed by atoms with Gasteiger partial charge in [-0.1, -0.05) is 25.0 Å². The topological polar surface area (TPSA) is 64.7 Å². The second-order valence-electron chi connectivity index (χ2n) is 9.16. The minimum absolute atomic E-state index is 0.0392. The van der Waals surface area contributed by atoms with Gasteiger partial charge in [0.2, 0.25) is 0 Å². The summed E-state index contributed by atoms with van der Waals surface area (Å²) in [6, 6.07) is 8.93. The number of halogens is 3. The molecule has 1 aliphatic rings. The Morgan fingerprint density at radius 3 is 2.47 bits per heavy atom. The van der Waals surface area contributed by atoms with Crippen molar-refractivity contribution in [3.05, 3.63) is 63.7 Å². The van der Waals surface area contributed by atoms with Gasteiger partial charge in [-0.3, -0.25) is 9.13 Å². The quantitative estimate of drug-likeness (QED) is 0.404. The van der Waals surface area contributed by atoms with Crippen LogP contribution in [0.15, 0.2) is 41.2 Å². The summed E-state index contributed by atoms with van der Waals surface area (Å²) in [6.07, 6.45) is -0.250. The maximum atomic E-state index is 13.2. The summed E-state index contributed by atoms with van der Waals surface area (Å²) in [7, 11) is 1.78. The van der Waals surface area contributed by atoms with Crippen LogP contribution in [0.5, 0.6) is 0 Å². The van der Waals surface area contributed by atoms with Gasteiger partial charge < -0.3 is 5.32 Å². The minimum atomic E-state index is -4.41. The van der Waals surface area contributed by atoms with E-state index in [4.69, 9.17) is 0 Å². The maximum absolute atomic E-state index is 13.2. The van der Waals surface area contributed by atoms with E-state index in [-0.39, 0.29) is 11.7 Å². The number of hydrogen-bond donors (Lipinski definition) is 1. The Morgan fingerprint density at radius 1 is 1.06 bits per heavy atom. The Morgan fingerprint density at radius 2 is 1.76 bits per heavy atom. The molecule has 0 saturated heterocycles. The van der Waals surface area contributed by atoms with Crippen molar-refractivity contribution in [1.82, 2.24) is 19.3 Å². The van der Waals surface area contributed by atoms with Gasteiger partial charge in [-0.15, -0.1) is 5.10 Å². The van der Waals surface area contributed by atoms with E-state index in [1.165, 1.54) is 6.07 Å². The summed E-state index contributed by atoms with van der Waals surface area (Å²) in [5, 5.41) is 13.5.